The van der Waals surface area contributed by atoms with Gasteiger partial charge in [-0.1, -0.05) is 25.7 Å². The lowest BCUT2D eigenvalue weighted by molar-refractivity contribution is -0.0351. The molecule has 0 spiro atoms. The number of aryl methyl sites for hydroxylation is 1. The molecule has 0 aliphatic heterocycles. The molecule has 1 fully saturated rings. The van der Waals surface area contributed by atoms with Crippen molar-refractivity contribution in [3.05, 3.63) is 17.1 Å². The van der Waals surface area contributed by atoms with Crippen molar-refractivity contribution in [2.24, 2.45) is 0 Å². The van der Waals surface area contributed by atoms with Crippen molar-refractivity contribution >= 4 is 5.82 Å². The Morgan fingerprint density at radius 3 is 2.42 bits per heavy atom. The van der Waals surface area contributed by atoms with Gasteiger partial charge in [0.05, 0.1) is 0 Å². The Morgan fingerprint density at radius 2 is 1.74 bits per heavy atom. The van der Waals surface area contributed by atoms with Gasteiger partial charge >= 0.3 is 0 Å². The molecule has 4 nitrogen and oxygen atoms in total. The van der Waals surface area contributed by atoms with E-state index in [4.69, 9.17) is 15.5 Å². The van der Waals surface area contributed by atoms with E-state index < -0.39 is 0 Å². The normalized spacial score (nSPS) is 21.9. The van der Waals surface area contributed by atoms with Crippen molar-refractivity contribution in [2.75, 3.05) is 12.8 Å². The standard InChI is InChI=1S/C15H23N3O/c1-19-15(9-4-2-3-5-10-15)14-17-12-8-6-7-11(12)13(16)18-14/h2-10H2,1H3,(H2,16,17,18). The first-order valence-electron chi connectivity index (χ1n) is 7.46. The number of nitrogens with zero attached hydrogens (tertiary/aromatic N) is 2. The summed E-state index contributed by atoms with van der Waals surface area (Å²) >= 11 is 0. The van der Waals surface area contributed by atoms with Crippen LogP contribution in [0.1, 0.15) is 62.0 Å². The molecule has 1 aromatic rings. The summed E-state index contributed by atoms with van der Waals surface area (Å²) in [5, 5.41) is 0. The number of anilines is 1. The van der Waals surface area contributed by atoms with Gasteiger partial charge < -0.3 is 10.5 Å². The zero-order valence-corrected chi connectivity index (χ0v) is 11.7. The van der Waals surface area contributed by atoms with Crippen LogP contribution in [0.2, 0.25) is 0 Å². The maximum absolute atomic E-state index is 6.13. The number of aromatic nitrogens is 2. The van der Waals surface area contributed by atoms with Crippen LogP contribution in [0.15, 0.2) is 0 Å². The molecule has 4 heteroatoms. The number of ether oxygens (including phenoxy) is 1. The van der Waals surface area contributed by atoms with E-state index in [2.05, 4.69) is 4.98 Å². The lowest BCUT2D eigenvalue weighted by Gasteiger charge is -2.30. The summed E-state index contributed by atoms with van der Waals surface area (Å²) in [6.07, 6.45) is 10.2. The molecule has 104 valence electrons. The highest BCUT2D eigenvalue weighted by atomic mass is 16.5. The van der Waals surface area contributed by atoms with Crippen LogP contribution in [-0.2, 0) is 23.2 Å². The molecule has 1 aromatic heterocycles. The van der Waals surface area contributed by atoms with Crippen LogP contribution >= 0.6 is 0 Å². The fourth-order valence-corrected chi connectivity index (χ4v) is 3.48. The Balaban J connectivity index is 2.01. The molecule has 0 bridgehead atoms. The van der Waals surface area contributed by atoms with Gasteiger partial charge in [0.25, 0.3) is 0 Å². The molecule has 19 heavy (non-hydrogen) atoms. The van der Waals surface area contributed by atoms with Crippen molar-refractivity contribution in [3.8, 4) is 0 Å². The van der Waals surface area contributed by atoms with E-state index in [9.17, 15) is 0 Å². The minimum atomic E-state index is -0.303. The highest BCUT2D eigenvalue weighted by Gasteiger charge is 2.37. The average molecular weight is 261 g/mol. The molecular weight excluding hydrogens is 238 g/mol. The molecule has 0 aromatic carbocycles. The third-order valence-corrected chi connectivity index (χ3v) is 4.67. The summed E-state index contributed by atoms with van der Waals surface area (Å²) in [7, 11) is 1.79. The van der Waals surface area contributed by atoms with Crippen LogP contribution in [0.3, 0.4) is 0 Å². The number of rotatable bonds is 2. The second-order valence-electron chi connectivity index (χ2n) is 5.82. The van der Waals surface area contributed by atoms with Crippen molar-refractivity contribution < 1.29 is 4.74 Å². The van der Waals surface area contributed by atoms with Gasteiger partial charge in [0.1, 0.15) is 11.4 Å². The van der Waals surface area contributed by atoms with E-state index in [1.54, 1.807) is 7.11 Å². The average Bonchev–Trinajstić information content (AvgIpc) is 2.76. The zero-order chi connectivity index (χ0) is 13.3. The minimum absolute atomic E-state index is 0.303. The van der Waals surface area contributed by atoms with Gasteiger partial charge in [0.15, 0.2) is 5.82 Å². The van der Waals surface area contributed by atoms with Crippen molar-refractivity contribution in [2.45, 2.75) is 63.4 Å². The second-order valence-corrected chi connectivity index (χ2v) is 5.82. The number of hydrogen-bond donors (Lipinski definition) is 1. The summed E-state index contributed by atoms with van der Waals surface area (Å²) in [5.41, 5.74) is 8.15. The van der Waals surface area contributed by atoms with Gasteiger partial charge in [-0.2, -0.15) is 0 Å². The Kier molecular flexibility index (Phi) is 3.44. The summed E-state index contributed by atoms with van der Waals surface area (Å²) in [4.78, 5) is 9.40. The SMILES string of the molecule is COC1(c2nc(N)c3c(n2)CCC3)CCCCCC1. The van der Waals surface area contributed by atoms with Crippen LogP contribution in [-0.4, -0.2) is 17.1 Å². The maximum Gasteiger partial charge on any atom is 0.162 e. The molecule has 3 rings (SSSR count). The van der Waals surface area contributed by atoms with E-state index in [1.807, 2.05) is 0 Å². The fraction of sp³-hybridized carbons (Fsp3) is 0.733. The predicted octanol–water partition coefficient (Wildman–Crippen LogP) is 2.74. The smallest absolute Gasteiger partial charge is 0.162 e. The maximum atomic E-state index is 6.13. The van der Waals surface area contributed by atoms with E-state index in [0.29, 0.717) is 5.82 Å². The quantitative estimate of drug-likeness (QED) is 0.832. The Hall–Kier alpha value is -1.16. The highest BCUT2D eigenvalue weighted by molar-refractivity contribution is 5.45. The number of hydrogen-bond acceptors (Lipinski definition) is 4. The van der Waals surface area contributed by atoms with Gasteiger partial charge in [0, 0.05) is 18.4 Å². The summed E-state index contributed by atoms with van der Waals surface area (Å²) in [6, 6.07) is 0. The van der Waals surface area contributed by atoms with Gasteiger partial charge in [-0.25, -0.2) is 9.97 Å². The third kappa shape index (κ3) is 2.22. The van der Waals surface area contributed by atoms with Gasteiger partial charge in [0.2, 0.25) is 0 Å². The Bertz CT molecular complexity index is 465. The monoisotopic (exact) mass is 261 g/mol. The van der Waals surface area contributed by atoms with Crippen molar-refractivity contribution in [3.63, 3.8) is 0 Å². The molecule has 1 heterocycles. The van der Waals surface area contributed by atoms with Gasteiger partial charge in [-0.15, -0.1) is 0 Å². The predicted molar refractivity (Wildman–Crippen MR) is 74.9 cm³/mol. The van der Waals surface area contributed by atoms with Crippen LogP contribution < -0.4 is 5.73 Å². The first kappa shape index (κ1) is 12.9. The first-order valence-corrected chi connectivity index (χ1v) is 7.46. The molecule has 0 saturated heterocycles. The summed E-state index contributed by atoms with van der Waals surface area (Å²) in [6.45, 7) is 0. The summed E-state index contributed by atoms with van der Waals surface area (Å²) < 4.78 is 5.88. The molecule has 2 N–H and O–H groups in total. The largest absolute Gasteiger partial charge is 0.383 e. The lowest BCUT2D eigenvalue weighted by atomic mass is 9.93. The summed E-state index contributed by atoms with van der Waals surface area (Å²) in [5.74, 6) is 1.51. The Labute approximate surface area is 114 Å². The molecule has 0 unspecified atom stereocenters. The molecule has 0 atom stereocenters. The Morgan fingerprint density at radius 1 is 1.00 bits per heavy atom. The minimum Gasteiger partial charge on any atom is -0.383 e. The molecule has 2 aliphatic carbocycles. The topological polar surface area (TPSA) is 61.0 Å². The van der Waals surface area contributed by atoms with E-state index in [1.165, 1.54) is 31.2 Å². The molecule has 1 saturated carbocycles. The van der Waals surface area contributed by atoms with Crippen molar-refractivity contribution in [1.29, 1.82) is 0 Å². The van der Waals surface area contributed by atoms with Crippen LogP contribution in [0.4, 0.5) is 5.82 Å². The van der Waals surface area contributed by atoms with Crippen LogP contribution in [0, 0.1) is 0 Å². The molecule has 0 radical (unpaired) electrons. The zero-order valence-electron chi connectivity index (χ0n) is 11.7. The lowest BCUT2D eigenvalue weighted by Crippen LogP contribution is -2.31. The number of fused-ring (bicyclic) bond motifs is 1. The van der Waals surface area contributed by atoms with E-state index in [0.717, 1.165) is 43.6 Å². The van der Waals surface area contributed by atoms with Gasteiger partial charge in [-0.05, 0) is 32.1 Å². The second kappa shape index (κ2) is 5.08. The van der Waals surface area contributed by atoms with Crippen LogP contribution in [0.25, 0.3) is 0 Å². The molecule has 2 aliphatic rings. The van der Waals surface area contributed by atoms with Crippen molar-refractivity contribution in [1.82, 2.24) is 9.97 Å². The number of nitrogens with two attached hydrogens (primary N) is 1. The number of methoxy groups -OCH3 is 1. The first-order chi connectivity index (χ1) is 9.25. The van der Waals surface area contributed by atoms with Crippen LogP contribution in [0.5, 0.6) is 0 Å². The fourth-order valence-electron chi connectivity index (χ4n) is 3.48. The number of nitrogen functional groups attached to an aromatic ring is 1. The molecular formula is C15H23N3O. The molecule has 0 amide bonds. The van der Waals surface area contributed by atoms with E-state index in [-0.39, 0.29) is 5.60 Å². The highest BCUT2D eigenvalue weighted by Crippen LogP contribution is 2.38. The van der Waals surface area contributed by atoms with E-state index >= 15 is 0 Å². The third-order valence-electron chi connectivity index (χ3n) is 4.67. The van der Waals surface area contributed by atoms with Gasteiger partial charge in [-0.3, -0.25) is 0 Å².